The van der Waals surface area contributed by atoms with E-state index in [0.29, 0.717) is 0 Å². The fourth-order valence-electron chi connectivity index (χ4n) is 0.692. The fraction of sp³-hybridized carbons (Fsp3) is 0.500. The summed E-state index contributed by atoms with van der Waals surface area (Å²) in [5.74, 6) is 0.284. The molecule has 1 nitrogen and oxygen atoms in total. The summed E-state index contributed by atoms with van der Waals surface area (Å²) < 4.78 is 0. The van der Waals surface area contributed by atoms with E-state index in [2.05, 4.69) is 0 Å². The van der Waals surface area contributed by atoms with Gasteiger partial charge in [0.05, 0.1) is 0 Å². The fourth-order valence-corrected chi connectivity index (χ4v) is 0.692. The Morgan fingerprint density at radius 1 is 1.50 bits per heavy atom. The molecular formula is C6H9NaO. The molecule has 0 bridgehead atoms. The SMILES string of the molecule is O=C1C=CCCC1.[NaH]. The number of hydrogen-bond acceptors (Lipinski definition) is 1. The second-order valence-electron chi connectivity index (χ2n) is 1.76. The number of rotatable bonds is 0. The first-order valence-electron chi connectivity index (χ1n) is 2.59. The van der Waals surface area contributed by atoms with Crippen LogP contribution in [0.25, 0.3) is 0 Å². The van der Waals surface area contributed by atoms with Crippen molar-refractivity contribution in [2.45, 2.75) is 19.3 Å². The van der Waals surface area contributed by atoms with Crippen LogP contribution in [0.3, 0.4) is 0 Å². The van der Waals surface area contributed by atoms with E-state index < -0.39 is 0 Å². The van der Waals surface area contributed by atoms with Crippen molar-refractivity contribution in [3.05, 3.63) is 12.2 Å². The van der Waals surface area contributed by atoms with Gasteiger partial charge < -0.3 is 0 Å². The number of allylic oxidation sites excluding steroid dienone is 2. The minimum atomic E-state index is 0. The molecule has 0 unspecified atom stereocenters. The van der Waals surface area contributed by atoms with E-state index >= 15 is 0 Å². The molecule has 0 saturated heterocycles. The van der Waals surface area contributed by atoms with Crippen LogP contribution in [0.4, 0.5) is 0 Å². The quantitative estimate of drug-likeness (QED) is 0.429. The van der Waals surface area contributed by atoms with Gasteiger partial charge in [-0.3, -0.25) is 4.79 Å². The molecule has 0 amide bonds. The summed E-state index contributed by atoms with van der Waals surface area (Å²) in [5, 5.41) is 0. The third kappa shape index (κ3) is 2.65. The summed E-state index contributed by atoms with van der Waals surface area (Å²) in [6.07, 6.45) is 6.51. The van der Waals surface area contributed by atoms with Crippen LogP contribution in [0.15, 0.2) is 12.2 Å². The number of ketones is 1. The Bertz CT molecular complexity index is 107. The minimum absolute atomic E-state index is 0. The molecule has 0 atom stereocenters. The van der Waals surface area contributed by atoms with Gasteiger partial charge in [0.1, 0.15) is 0 Å². The molecule has 0 spiro atoms. The van der Waals surface area contributed by atoms with Crippen molar-refractivity contribution in [3.8, 4) is 0 Å². The molecule has 0 fully saturated rings. The van der Waals surface area contributed by atoms with Gasteiger partial charge in [-0.2, -0.15) is 0 Å². The van der Waals surface area contributed by atoms with Crippen LogP contribution in [-0.2, 0) is 4.79 Å². The van der Waals surface area contributed by atoms with Crippen LogP contribution < -0.4 is 0 Å². The molecule has 1 aliphatic carbocycles. The Labute approximate surface area is 71.4 Å². The van der Waals surface area contributed by atoms with Gasteiger partial charge in [0, 0.05) is 6.42 Å². The maximum absolute atomic E-state index is 10.4. The van der Waals surface area contributed by atoms with Crippen LogP contribution in [0, 0.1) is 0 Å². The molecule has 0 radical (unpaired) electrons. The average Bonchev–Trinajstić information content (AvgIpc) is 1.69. The second-order valence-corrected chi connectivity index (χ2v) is 1.76. The molecular weight excluding hydrogens is 111 g/mol. The van der Waals surface area contributed by atoms with Crippen molar-refractivity contribution < 1.29 is 4.79 Å². The standard InChI is InChI=1S/C6H8O.Na.H/c7-6-4-2-1-3-5-6;;/h2,4H,1,3,5H2;;. The predicted octanol–water partition coefficient (Wildman–Crippen LogP) is 0.647. The Kier molecular flexibility index (Phi) is 4.53. The molecule has 0 aromatic heterocycles. The molecule has 0 N–H and O–H groups in total. The van der Waals surface area contributed by atoms with E-state index in [4.69, 9.17) is 0 Å². The first kappa shape index (κ1) is 8.41. The topological polar surface area (TPSA) is 17.1 Å². The zero-order valence-corrected chi connectivity index (χ0v) is 4.18. The summed E-state index contributed by atoms with van der Waals surface area (Å²) in [6.45, 7) is 0. The van der Waals surface area contributed by atoms with Crippen molar-refractivity contribution >= 4 is 35.3 Å². The van der Waals surface area contributed by atoms with Gasteiger partial charge in [-0.15, -0.1) is 0 Å². The Balaban J connectivity index is 0.000000490. The molecule has 0 aromatic rings. The maximum atomic E-state index is 10.4. The van der Waals surface area contributed by atoms with Crippen LogP contribution >= 0.6 is 0 Å². The summed E-state index contributed by atoms with van der Waals surface area (Å²) in [7, 11) is 0. The van der Waals surface area contributed by atoms with Crippen LogP contribution in [0.5, 0.6) is 0 Å². The van der Waals surface area contributed by atoms with Gasteiger partial charge in [0.2, 0.25) is 0 Å². The third-order valence-electron chi connectivity index (χ3n) is 1.10. The number of hydrogen-bond donors (Lipinski definition) is 0. The van der Waals surface area contributed by atoms with Gasteiger partial charge in [-0.25, -0.2) is 0 Å². The summed E-state index contributed by atoms with van der Waals surface area (Å²) in [4.78, 5) is 10.4. The first-order chi connectivity index (χ1) is 3.39. The Morgan fingerprint density at radius 3 is 2.50 bits per heavy atom. The Morgan fingerprint density at radius 2 is 2.25 bits per heavy atom. The number of carbonyl (C=O) groups is 1. The monoisotopic (exact) mass is 120 g/mol. The van der Waals surface area contributed by atoms with Crippen molar-refractivity contribution in [2.75, 3.05) is 0 Å². The molecule has 0 aromatic carbocycles. The van der Waals surface area contributed by atoms with Crippen molar-refractivity contribution in [3.63, 3.8) is 0 Å². The second kappa shape index (κ2) is 4.30. The zero-order chi connectivity index (χ0) is 5.11. The van der Waals surface area contributed by atoms with Gasteiger partial charge in [0.15, 0.2) is 5.78 Å². The normalized spacial score (nSPS) is 17.8. The number of carbonyl (C=O) groups excluding carboxylic acids is 1. The Hall–Kier alpha value is 0.410. The first-order valence-corrected chi connectivity index (χ1v) is 2.59. The van der Waals surface area contributed by atoms with Gasteiger partial charge in [-0.1, -0.05) is 6.08 Å². The molecule has 8 heavy (non-hydrogen) atoms. The van der Waals surface area contributed by atoms with Crippen molar-refractivity contribution in [1.29, 1.82) is 0 Å². The molecule has 40 valence electrons. The summed E-state index contributed by atoms with van der Waals surface area (Å²) >= 11 is 0. The summed E-state index contributed by atoms with van der Waals surface area (Å²) in [6, 6.07) is 0. The van der Waals surface area contributed by atoms with E-state index in [9.17, 15) is 4.79 Å². The molecule has 0 heterocycles. The average molecular weight is 120 g/mol. The van der Waals surface area contributed by atoms with Crippen LogP contribution in [0.1, 0.15) is 19.3 Å². The molecule has 0 aliphatic heterocycles. The van der Waals surface area contributed by atoms with Gasteiger partial charge >= 0.3 is 29.6 Å². The third-order valence-corrected chi connectivity index (χ3v) is 1.10. The predicted molar refractivity (Wildman–Crippen MR) is 35.1 cm³/mol. The molecule has 0 saturated carbocycles. The van der Waals surface area contributed by atoms with Crippen molar-refractivity contribution in [2.24, 2.45) is 0 Å². The van der Waals surface area contributed by atoms with E-state index in [1.807, 2.05) is 6.08 Å². The van der Waals surface area contributed by atoms with Crippen molar-refractivity contribution in [1.82, 2.24) is 0 Å². The van der Waals surface area contributed by atoms with E-state index in [1.54, 1.807) is 6.08 Å². The van der Waals surface area contributed by atoms with Gasteiger partial charge in [-0.05, 0) is 18.9 Å². The van der Waals surface area contributed by atoms with Crippen LogP contribution in [-0.4, -0.2) is 35.3 Å². The van der Waals surface area contributed by atoms with E-state index in [-0.39, 0.29) is 35.3 Å². The zero-order valence-electron chi connectivity index (χ0n) is 4.18. The van der Waals surface area contributed by atoms with Gasteiger partial charge in [0.25, 0.3) is 0 Å². The molecule has 1 rings (SSSR count). The van der Waals surface area contributed by atoms with E-state index in [1.165, 1.54) is 0 Å². The molecule has 1 aliphatic rings. The van der Waals surface area contributed by atoms with Crippen LogP contribution in [0.2, 0.25) is 0 Å². The van der Waals surface area contributed by atoms with E-state index in [0.717, 1.165) is 19.3 Å². The summed E-state index contributed by atoms with van der Waals surface area (Å²) in [5.41, 5.74) is 0. The molecule has 2 heteroatoms.